The van der Waals surface area contributed by atoms with Gasteiger partial charge in [-0.05, 0) is 112 Å². The summed E-state index contributed by atoms with van der Waals surface area (Å²) in [5.41, 5.74) is 25.8. The molecular formula is C51H42B8O. The van der Waals surface area contributed by atoms with Gasteiger partial charge >= 0.3 is 0 Å². The van der Waals surface area contributed by atoms with E-state index in [0.29, 0.717) is 0 Å². The highest BCUT2D eigenvalue weighted by Crippen LogP contribution is 2.50. The molecule has 1 aromatic heterocycles. The normalized spacial score (nSPS) is 13.2. The molecule has 10 aromatic rings. The lowest BCUT2D eigenvalue weighted by Crippen LogP contribution is -2.50. The molecule has 60 heavy (non-hydrogen) atoms. The Kier molecular flexibility index (Phi) is 8.06. The molecule has 0 atom stereocenters. The van der Waals surface area contributed by atoms with Crippen LogP contribution >= 0.6 is 0 Å². The third-order valence-electron chi connectivity index (χ3n) is 15.1. The second-order valence-electron chi connectivity index (χ2n) is 18.2. The van der Waals surface area contributed by atoms with Crippen molar-refractivity contribution in [1.29, 1.82) is 0 Å². The summed E-state index contributed by atoms with van der Waals surface area (Å²) in [5.74, 6) is 0. The Hall–Kier alpha value is -5.92. The van der Waals surface area contributed by atoms with Crippen molar-refractivity contribution in [3.8, 4) is 44.5 Å². The Balaban J connectivity index is 1.22. The van der Waals surface area contributed by atoms with E-state index in [1.54, 1.807) is 0 Å². The Bertz CT molecular complexity index is 3470. The van der Waals surface area contributed by atoms with Crippen molar-refractivity contribution in [2.24, 2.45) is 0 Å². The number of furan rings is 1. The maximum absolute atomic E-state index is 6.73. The van der Waals surface area contributed by atoms with Gasteiger partial charge in [0.25, 0.3) is 0 Å². The third-order valence-corrected chi connectivity index (χ3v) is 15.1. The molecule has 1 heterocycles. The molecule has 9 heteroatoms. The number of hydrogen-bond donors (Lipinski definition) is 0. The molecule has 11 rings (SSSR count). The van der Waals surface area contributed by atoms with Crippen LogP contribution in [-0.4, -0.2) is 62.8 Å². The molecule has 0 amide bonds. The Morgan fingerprint density at radius 3 is 1.50 bits per heavy atom. The van der Waals surface area contributed by atoms with Crippen LogP contribution < -0.4 is 43.7 Å². The summed E-state index contributed by atoms with van der Waals surface area (Å²) >= 11 is 0. The molecule has 0 unspecified atom stereocenters. The van der Waals surface area contributed by atoms with Gasteiger partial charge in [0.05, 0.1) is 0 Å². The Labute approximate surface area is 359 Å². The quantitative estimate of drug-likeness (QED) is 0.189. The van der Waals surface area contributed by atoms with E-state index in [4.69, 9.17) is 4.42 Å². The van der Waals surface area contributed by atoms with Gasteiger partial charge in [0, 0.05) is 16.2 Å². The van der Waals surface area contributed by atoms with Crippen molar-refractivity contribution < 1.29 is 4.42 Å². The fraction of sp³-hybridized carbons (Fsp3) is 0.0588. The van der Waals surface area contributed by atoms with Gasteiger partial charge in [-0.3, -0.25) is 0 Å². The van der Waals surface area contributed by atoms with Gasteiger partial charge in [-0.1, -0.05) is 133 Å². The average Bonchev–Trinajstić information content (AvgIpc) is 3.75. The van der Waals surface area contributed by atoms with Crippen LogP contribution in [0.15, 0.2) is 126 Å². The van der Waals surface area contributed by atoms with Gasteiger partial charge in [-0.25, -0.2) is 0 Å². The van der Waals surface area contributed by atoms with Crippen LogP contribution in [0, 0.1) is 0 Å². The molecule has 1 aliphatic carbocycles. The number of fused-ring (bicyclic) bond motifs is 9. The zero-order chi connectivity index (χ0) is 41.5. The molecule has 0 spiro atoms. The fourth-order valence-electron chi connectivity index (χ4n) is 11.1. The van der Waals surface area contributed by atoms with Gasteiger partial charge < -0.3 is 4.42 Å². The van der Waals surface area contributed by atoms with Crippen LogP contribution in [0.4, 0.5) is 0 Å². The molecule has 0 saturated heterocycles. The molecule has 0 aliphatic heterocycles. The molecule has 0 saturated carbocycles. The largest absolute Gasteiger partial charge is 0.456 e. The summed E-state index contributed by atoms with van der Waals surface area (Å²) in [5, 5.41) is 10.2. The molecule has 276 valence electrons. The molecule has 9 aromatic carbocycles. The van der Waals surface area contributed by atoms with Crippen LogP contribution in [0.25, 0.3) is 98.8 Å². The number of benzene rings is 9. The summed E-state index contributed by atoms with van der Waals surface area (Å²) in [6, 6.07) is 45.3. The molecule has 0 radical (unpaired) electrons. The first kappa shape index (κ1) is 37.1. The fourth-order valence-corrected chi connectivity index (χ4v) is 11.1. The maximum atomic E-state index is 6.73. The highest BCUT2D eigenvalue weighted by molar-refractivity contribution is 6.71. The van der Waals surface area contributed by atoms with Crippen molar-refractivity contribution in [2.75, 3.05) is 0 Å². The lowest BCUT2D eigenvalue weighted by Gasteiger charge is -2.28. The molecule has 0 fully saturated rings. The summed E-state index contributed by atoms with van der Waals surface area (Å²) in [7, 11) is 18.7. The van der Waals surface area contributed by atoms with E-state index in [1.807, 2.05) is 0 Å². The predicted molar refractivity (Wildman–Crippen MR) is 286 cm³/mol. The summed E-state index contributed by atoms with van der Waals surface area (Å²) < 4.78 is 6.73. The minimum Gasteiger partial charge on any atom is -0.456 e. The van der Waals surface area contributed by atoms with Gasteiger partial charge in [-0.2, -0.15) is 0 Å². The Morgan fingerprint density at radius 1 is 0.367 bits per heavy atom. The van der Waals surface area contributed by atoms with E-state index in [9.17, 15) is 0 Å². The van der Waals surface area contributed by atoms with E-state index in [0.717, 1.165) is 16.6 Å². The first-order chi connectivity index (χ1) is 28.9. The topological polar surface area (TPSA) is 13.1 Å². The zero-order valence-corrected chi connectivity index (χ0v) is 36.5. The van der Waals surface area contributed by atoms with Crippen molar-refractivity contribution in [2.45, 2.75) is 19.3 Å². The number of hydrogen-bond acceptors (Lipinski definition) is 1. The summed E-state index contributed by atoms with van der Waals surface area (Å²) in [6.07, 6.45) is 0. The van der Waals surface area contributed by atoms with Crippen molar-refractivity contribution >= 4 is 161 Å². The zero-order valence-electron chi connectivity index (χ0n) is 36.5. The summed E-state index contributed by atoms with van der Waals surface area (Å²) in [6.45, 7) is 4.73. The third kappa shape index (κ3) is 4.99. The SMILES string of the molecule is Bc1c(B)c(B)c2c(-c3cccc4oc5cc6ccccc6cc5c34)c3c(B)c(B)c(B)c(B)c3c(-c3ccc(-c4ccc5c(c4)C(C)(C)c4ccccc4-5)cc3)c2c1B. The van der Waals surface area contributed by atoms with Crippen LogP contribution in [0.1, 0.15) is 25.0 Å². The maximum Gasteiger partial charge on any atom is 0.139 e. The highest BCUT2D eigenvalue weighted by atomic mass is 16.3. The lowest BCUT2D eigenvalue weighted by molar-refractivity contribution is 0.660. The smallest absolute Gasteiger partial charge is 0.139 e. The van der Waals surface area contributed by atoms with Crippen LogP contribution in [0.3, 0.4) is 0 Å². The molecule has 0 bridgehead atoms. The molecule has 1 aliphatic rings. The summed E-state index contributed by atoms with van der Waals surface area (Å²) in [4.78, 5) is 0. The molecule has 1 nitrogen and oxygen atoms in total. The second-order valence-corrected chi connectivity index (χ2v) is 18.2. The van der Waals surface area contributed by atoms with Gasteiger partial charge in [-0.15, -0.1) is 21.9 Å². The standard InChI is InChI=1S/C51H42B8O/c1-51(2)32-12-6-5-10-28(32)29-19-18-27(21-33(29)51)23-14-16-24(17-15-23)36-39-41(45(54)49(58)47(56)43(39)52)38(42-40(36)44(53)48(57)50(59)46(42)55)30-11-7-13-34-37(30)31-20-25-8-3-4-9-26(25)22-35(31)60-34/h3-22H,52-59H2,1-2H3. The van der Waals surface area contributed by atoms with Gasteiger partial charge in [0.1, 0.15) is 73.9 Å². The second kappa shape index (κ2) is 13.0. The lowest BCUT2D eigenvalue weighted by atomic mass is 9.59. The minimum absolute atomic E-state index is 0.0426. The van der Waals surface area contributed by atoms with Crippen molar-refractivity contribution in [3.05, 3.63) is 132 Å². The van der Waals surface area contributed by atoms with Crippen LogP contribution in [0.5, 0.6) is 0 Å². The van der Waals surface area contributed by atoms with Gasteiger partial charge in [0.15, 0.2) is 0 Å². The highest BCUT2D eigenvalue weighted by Gasteiger charge is 2.35. The van der Waals surface area contributed by atoms with Crippen LogP contribution in [0.2, 0.25) is 0 Å². The van der Waals surface area contributed by atoms with Gasteiger partial charge in [0.2, 0.25) is 0 Å². The Morgan fingerprint density at radius 2 is 0.867 bits per heavy atom. The average molecular weight is 757 g/mol. The van der Waals surface area contributed by atoms with E-state index in [2.05, 4.69) is 198 Å². The molecular weight excluding hydrogens is 715 g/mol. The van der Waals surface area contributed by atoms with Crippen molar-refractivity contribution in [1.82, 2.24) is 0 Å². The molecule has 0 N–H and O–H groups in total. The number of rotatable bonds is 3. The van der Waals surface area contributed by atoms with Crippen LogP contribution in [-0.2, 0) is 5.41 Å². The monoisotopic (exact) mass is 758 g/mol. The first-order valence-electron chi connectivity index (χ1n) is 21.5. The predicted octanol–water partition coefficient (Wildman–Crippen LogP) is 0.420. The van der Waals surface area contributed by atoms with E-state index >= 15 is 0 Å². The van der Waals surface area contributed by atoms with E-state index < -0.39 is 0 Å². The minimum atomic E-state index is -0.0426. The van der Waals surface area contributed by atoms with E-state index in [-0.39, 0.29) is 5.41 Å². The first-order valence-corrected chi connectivity index (χ1v) is 21.5. The van der Waals surface area contributed by atoms with E-state index in [1.165, 1.54) is 137 Å². The van der Waals surface area contributed by atoms with Crippen molar-refractivity contribution in [3.63, 3.8) is 0 Å².